The van der Waals surface area contributed by atoms with Crippen LogP contribution in [0.15, 0.2) is 11.0 Å². The van der Waals surface area contributed by atoms with E-state index >= 15 is 0 Å². The first kappa shape index (κ1) is 10.5. The van der Waals surface area contributed by atoms with Gasteiger partial charge in [-0.3, -0.25) is 4.79 Å². The average Bonchev–Trinajstić information content (AvgIpc) is 2.17. The van der Waals surface area contributed by atoms with Gasteiger partial charge >= 0.3 is 5.97 Å². The summed E-state index contributed by atoms with van der Waals surface area (Å²) in [6, 6.07) is 0. The summed E-state index contributed by atoms with van der Waals surface area (Å²) < 4.78 is 4.65. The van der Waals surface area contributed by atoms with E-state index in [9.17, 15) is 9.59 Å². The van der Waals surface area contributed by atoms with Gasteiger partial charge in [0.05, 0.1) is 6.61 Å². The van der Waals surface area contributed by atoms with Crippen molar-refractivity contribution >= 4 is 23.6 Å². The third-order valence-electron chi connectivity index (χ3n) is 1.43. The molecule has 0 aliphatic heterocycles. The number of ether oxygens (including phenoxy) is 1. The van der Waals surface area contributed by atoms with Gasteiger partial charge in [0.2, 0.25) is 0 Å². The van der Waals surface area contributed by atoms with Gasteiger partial charge < -0.3 is 9.72 Å². The van der Waals surface area contributed by atoms with E-state index in [1.807, 2.05) is 0 Å². The minimum atomic E-state index is -0.683. The van der Waals surface area contributed by atoms with E-state index in [4.69, 9.17) is 0 Å². The lowest BCUT2D eigenvalue weighted by Crippen LogP contribution is -2.21. The van der Waals surface area contributed by atoms with E-state index in [2.05, 4.69) is 26.9 Å². The Morgan fingerprint density at radius 2 is 2.50 bits per heavy atom. The van der Waals surface area contributed by atoms with E-state index in [1.54, 1.807) is 6.92 Å². The van der Waals surface area contributed by atoms with Crippen molar-refractivity contribution in [3.63, 3.8) is 0 Å². The van der Waals surface area contributed by atoms with Crippen LogP contribution < -0.4 is 5.56 Å². The zero-order chi connectivity index (χ0) is 10.6. The lowest BCUT2D eigenvalue weighted by Gasteiger charge is -1.99. The van der Waals surface area contributed by atoms with Crippen molar-refractivity contribution in [3.05, 3.63) is 27.9 Å². The van der Waals surface area contributed by atoms with Gasteiger partial charge in [-0.1, -0.05) is 12.2 Å². The molecule has 0 aliphatic rings. The monoisotopic (exact) mass is 212 g/mol. The van der Waals surface area contributed by atoms with Crippen molar-refractivity contribution in [1.82, 2.24) is 9.97 Å². The molecule has 0 unspecified atom stereocenters. The summed E-state index contributed by atoms with van der Waals surface area (Å²) in [6.07, 6.45) is 1.15. The van der Waals surface area contributed by atoms with Crippen LogP contribution in [0.25, 0.3) is 0 Å². The molecule has 1 rings (SSSR count). The molecule has 14 heavy (non-hydrogen) atoms. The van der Waals surface area contributed by atoms with Gasteiger partial charge in [0.25, 0.3) is 5.56 Å². The molecule has 0 atom stereocenters. The van der Waals surface area contributed by atoms with Crippen molar-refractivity contribution in [3.8, 4) is 0 Å². The number of esters is 1. The fraction of sp³-hybridized carbons (Fsp3) is 0.250. The van der Waals surface area contributed by atoms with Gasteiger partial charge in [-0.25, -0.2) is 9.78 Å². The number of nitrogens with one attached hydrogen (secondary N) is 1. The van der Waals surface area contributed by atoms with E-state index < -0.39 is 11.5 Å². The summed E-state index contributed by atoms with van der Waals surface area (Å²) in [4.78, 5) is 28.5. The highest BCUT2D eigenvalue weighted by molar-refractivity contribution is 7.79. The molecule has 1 heterocycles. The van der Waals surface area contributed by atoms with Crippen molar-refractivity contribution < 1.29 is 9.53 Å². The maximum atomic E-state index is 11.3. The Kier molecular flexibility index (Phi) is 3.47. The zero-order valence-electron chi connectivity index (χ0n) is 7.44. The molecule has 1 aromatic rings. The molecule has 0 fully saturated rings. The lowest BCUT2D eigenvalue weighted by atomic mass is 10.3. The Morgan fingerprint density at radius 1 is 1.79 bits per heavy atom. The summed E-state index contributed by atoms with van der Waals surface area (Å²) in [5.74, 6) is -0.435. The third-order valence-corrected chi connectivity index (χ3v) is 1.65. The van der Waals surface area contributed by atoms with Crippen LogP contribution in [0.2, 0.25) is 0 Å². The molecule has 5 nitrogen and oxygen atoms in total. The fourth-order valence-electron chi connectivity index (χ4n) is 0.823. The predicted molar refractivity (Wildman–Crippen MR) is 53.6 cm³/mol. The molecule has 1 N–H and O–H groups in total. The topological polar surface area (TPSA) is 72.0 Å². The Morgan fingerprint density at radius 3 is 3.00 bits per heavy atom. The van der Waals surface area contributed by atoms with E-state index in [-0.39, 0.29) is 18.0 Å². The number of hydrogen-bond donors (Lipinski definition) is 1. The smallest absolute Gasteiger partial charge is 0.345 e. The van der Waals surface area contributed by atoms with Crippen LogP contribution in [-0.4, -0.2) is 27.9 Å². The van der Waals surface area contributed by atoms with Crippen molar-refractivity contribution in [2.75, 3.05) is 6.61 Å². The summed E-state index contributed by atoms with van der Waals surface area (Å²) in [5, 5.41) is 1.22. The summed E-state index contributed by atoms with van der Waals surface area (Å²) in [5.41, 5.74) is -0.665. The molecule has 0 bridgehead atoms. The molecule has 0 amide bonds. The lowest BCUT2D eigenvalue weighted by molar-refractivity contribution is 0.0523. The van der Waals surface area contributed by atoms with Crippen LogP contribution in [0.5, 0.6) is 0 Å². The average molecular weight is 212 g/mol. The highest BCUT2D eigenvalue weighted by Gasteiger charge is 2.11. The number of aromatic amines is 1. The van der Waals surface area contributed by atoms with Crippen molar-refractivity contribution in [2.24, 2.45) is 0 Å². The van der Waals surface area contributed by atoms with Crippen LogP contribution >= 0.6 is 12.2 Å². The number of nitrogens with zero attached hydrogens (tertiary/aromatic N) is 1. The molecule has 0 saturated carbocycles. The number of thiocarbonyl (C=S) groups is 1. The summed E-state index contributed by atoms with van der Waals surface area (Å²) in [7, 11) is 0. The molecule has 0 aliphatic carbocycles. The number of aromatic nitrogens is 2. The molecule has 0 saturated heterocycles. The number of carbonyl (C=O) groups is 1. The number of H-pyrrole nitrogens is 1. The molecular formula is C8H8N2O3S. The normalized spacial score (nSPS) is 9.50. The fourth-order valence-corrected chi connectivity index (χ4v) is 0.943. The number of rotatable bonds is 3. The van der Waals surface area contributed by atoms with Gasteiger partial charge in [-0.05, 0) is 6.92 Å². The standard InChI is InChI=1S/C8H8N2O3S/c1-2-13-8(12)5-3-9-6(4-14)10-7(5)11/h3-4H,2H2,1H3,(H,9,10,11). The Balaban J connectivity index is 3.06. The minimum absolute atomic E-state index is 0.118. The SMILES string of the molecule is CCOC(=O)c1cnc(C=S)[nH]c1=O. The van der Waals surface area contributed by atoms with Gasteiger partial charge in [-0.2, -0.15) is 0 Å². The highest BCUT2D eigenvalue weighted by atomic mass is 32.1. The molecule has 74 valence electrons. The molecule has 6 heteroatoms. The second-order valence-corrected chi connectivity index (χ2v) is 2.59. The predicted octanol–water partition coefficient (Wildman–Crippen LogP) is 0.294. The first-order valence-corrected chi connectivity index (χ1v) is 4.37. The van der Waals surface area contributed by atoms with Crippen LogP contribution in [0.3, 0.4) is 0 Å². The summed E-state index contributed by atoms with van der Waals surface area (Å²) in [6.45, 7) is 1.87. The van der Waals surface area contributed by atoms with E-state index in [0.717, 1.165) is 6.20 Å². The molecule has 0 aromatic carbocycles. The first-order valence-electron chi connectivity index (χ1n) is 3.90. The number of carbonyl (C=O) groups excluding carboxylic acids is 1. The zero-order valence-corrected chi connectivity index (χ0v) is 8.26. The largest absolute Gasteiger partial charge is 0.462 e. The van der Waals surface area contributed by atoms with E-state index in [1.165, 1.54) is 5.37 Å². The van der Waals surface area contributed by atoms with Gasteiger partial charge in [0.15, 0.2) is 0 Å². The van der Waals surface area contributed by atoms with Gasteiger partial charge in [0.1, 0.15) is 11.4 Å². The van der Waals surface area contributed by atoms with Crippen LogP contribution in [-0.2, 0) is 4.74 Å². The molecule has 0 radical (unpaired) electrons. The Labute approximate surface area is 85.1 Å². The van der Waals surface area contributed by atoms with Crippen LogP contribution in [0, 0.1) is 0 Å². The third kappa shape index (κ3) is 2.23. The second kappa shape index (κ2) is 4.61. The van der Waals surface area contributed by atoms with Crippen LogP contribution in [0.4, 0.5) is 0 Å². The molecule has 1 aromatic heterocycles. The molecule has 0 spiro atoms. The van der Waals surface area contributed by atoms with Crippen molar-refractivity contribution in [2.45, 2.75) is 6.92 Å². The minimum Gasteiger partial charge on any atom is -0.462 e. The Hall–Kier alpha value is -1.56. The van der Waals surface area contributed by atoms with Gasteiger partial charge in [0, 0.05) is 11.6 Å². The van der Waals surface area contributed by atoms with E-state index in [0.29, 0.717) is 0 Å². The first-order chi connectivity index (χ1) is 6.69. The van der Waals surface area contributed by atoms with Gasteiger partial charge in [-0.15, -0.1) is 0 Å². The Bertz CT molecular complexity index is 413. The number of hydrogen-bond acceptors (Lipinski definition) is 5. The van der Waals surface area contributed by atoms with Crippen molar-refractivity contribution in [1.29, 1.82) is 0 Å². The summed E-state index contributed by atoms with van der Waals surface area (Å²) >= 11 is 4.56. The molecular weight excluding hydrogens is 204 g/mol. The van der Waals surface area contributed by atoms with Crippen LogP contribution in [0.1, 0.15) is 23.1 Å². The second-order valence-electron chi connectivity index (χ2n) is 2.35. The maximum Gasteiger partial charge on any atom is 0.345 e. The maximum absolute atomic E-state index is 11.3. The quantitative estimate of drug-likeness (QED) is 0.576. The highest BCUT2D eigenvalue weighted by Crippen LogP contribution is 1.92.